The number of anilines is 1. The van der Waals surface area contributed by atoms with E-state index >= 15 is 0 Å². The highest BCUT2D eigenvalue weighted by Gasteiger charge is 2.09. The Kier molecular flexibility index (Phi) is 3.40. The van der Waals surface area contributed by atoms with Crippen molar-refractivity contribution in [2.45, 2.75) is 13.0 Å². The van der Waals surface area contributed by atoms with E-state index in [4.69, 9.17) is 11.6 Å². The summed E-state index contributed by atoms with van der Waals surface area (Å²) in [5.74, 6) is 0.922. The molecule has 1 atom stereocenters. The smallest absolute Gasteiger partial charge is 0.135 e. The summed E-state index contributed by atoms with van der Waals surface area (Å²) in [6.45, 7) is 2.11. The monoisotopic (exact) mass is 288 g/mol. The average Bonchev–Trinajstić information content (AvgIpc) is 2.88. The Bertz CT molecular complexity index is 708. The SMILES string of the molecule is CC(Nc1nccc2sccc12)c1cccc(Cl)c1. The topological polar surface area (TPSA) is 24.9 Å². The molecule has 1 unspecified atom stereocenters. The Hall–Kier alpha value is -1.58. The van der Waals surface area contributed by atoms with Gasteiger partial charge in [-0.25, -0.2) is 4.98 Å². The third kappa shape index (κ3) is 2.57. The molecule has 0 bridgehead atoms. The van der Waals surface area contributed by atoms with Crippen LogP contribution in [0.5, 0.6) is 0 Å². The second-order valence-corrected chi connectivity index (χ2v) is 5.80. The Labute approximate surface area is 121 Å². The molecule has 3 rings (SSSR count). The first-order valence-corrected chi connectivity index (χ1v) is 7.34. The van der Waals surface area contributed by atoms with E-state index in [-0.39, 0.29) is 6.04 Å². The van der Waals surface area contributed by atoms with Gasteiger partial charge in [-0.3, -0.25) is 0 Å². The maximum absolute atomic E-state index is 6.03. The highest BCUT2D eigenvalue weighted by Crippen LogP contribution is 2.28. The minimum Gasteiger partial charge on any atom is -0.363 e. The summed E-state index contributed by atoms with van der Waals surface area (Å²) in [5, 5.41) is 7.46. The van der Waals surface area contributed by atoms with Gasteiger partial charge in [0, 0.05) is 21.3 Å². The minimum absolute atomic E-state index is 0.164. The molecule has 0 aliphatic carbocycles. The first kappa shape index (κ1) is 12.5. The quantitative estimate of drug-likeness (QED) is 0.723. The van der Waals surface area contributed by atoms with Gasteiger partial charge in [0.2, 0.25) is 0 Å². The van der Waals surface area contributed by atoms with Crippen LogP contribution < -0.4 is 5.32 Å². The van der Waals surface area contributed by atoms with Gasteiger partial charge in [-0.2, -0.15) is 0 Å². The van der Waals surface area contributed by atoms with Gasteiger partial charge in [0.25, 0.3) is 0 Å². The van der Waals surface area contributed by atoms with Gasteiger partial charge in [0.1, 0.15) is 5.82 Å². The van der Waals surface area contributed by atoms with Crippen LogP contribution in [0.25, 0.3) is 10.1 Å². The number of rotatable bonds is 3. The second-order valence-electron chi connectivity index (χ2n) is 4.41. The third-order valence-corrected chi connectivity index (χ3v) is 4.20. The van der Waals surface area contributed by atoms with Crippen LogP contribution in [0, 0.1) is 0 Å². The lowest BCUT2D eigenvalue weighted by Gasteiger charge is -2.15. The highest BCUT2D eigenvalue weighted by molar-refractivity contribution is 7.17. The lowest BCUT2D eigenvalue weighted by molar-refractivity contribution is 0.878. The summed E-state index contributed by atoms with van der Waals surface area (Å²) in [5.41, 5.74) is 1.15. The molecule has 0 spiro atoms. The Morgan fingerprint density at radius 1 is 1.26 bits per heavy atom. The third-order valence-electron chi connectivity index (χ3n) is 3.08. The molecular formula is C15H13ClN2S. The van der Waals surface area contributed by atoms with E-state index in [1.165, 1.54) is 10.1 Å². The number of benzene rings is 1. The molecule has 1 aromatic carbocycles. The van der Waals surface area contributed by atoms with Gasteiger partial charge >= 0.3 is 0 Å². The molecule has 1 N–H and O–H groups in total. The van der Waals surface area contributed by atoms with Gasteiger partial charge in [-0.05, 0) is 42.1 Å². The predicted molar refractivity (Wildman–Crippen MR) is 83.1 cm³/mol. The van der Waals surface area contributed by atoms with Crippen molar-refractivity contribution in [3.05, 3.63) is 58.6 Å². The van der Waals surface area contributed by atoms with Crippen molar-refractivity contribution in [1.29, 1.82) is 0 Å². The fourth-order valence-corrected chi connectivity index (χ4v) is 3.05. The normalized spacial score (nSPS) is 12.5. The zero-order valence-corrected chi connectivity index (χ0v) is 12.0. The summed E-state index contributed by atoms with van der Waals surface area (Å²) in [7, 11) is 0. The van der Waals surface area contributed by atoms with Gasteiger partial charge in [-0.15, -0.1) is 11.3 Å². The number of nitrogens with one attached hydrogen (secondary N) is 1. The van der Waals surface area contributed by atoms with Crippen molar-refractivity contribution in [3.63, 3.8) is 0 Å². The summed E-state index contributed by atoms with van der Waals surface area (Å²) in [6.07, 6.45) is 1.84. The first-order valence-electron chi connectivity index (χ1n) is 6.08. The Morgan fingerprint density at radius 3 is 3.00 bits per heavy atom. The molecule has 0 radical (unpaired) electrons. The number of aromatic nitrogens is 1. The number of thiophene rings is 1. The number of fused-ring (bicyclic) bond motifs is 1. The second kappa shape index (κ2) is 5.19. The van der Waals surface area contributed by atoms with E-state index in [0.717, 1.165) is 16.4 Å². The Morgan fingerprint density at radius 2 is 2.16 bits per heavy atom. The zero-order valence-electron chi connectivity index (χ0n) is 10.4. The molecule has 0 saturated heterocycles. The number of halogens is 1. The van der Waals surface area contributed by atoms with Crippen molar-refractivity contribution in [2.24, 2.45) is 0 Å². The van der Waals surface area contributed by atoms with Crippen molar-refractivity contribution < 1.29 is 0 Å². The molecule has 0 aliphatic rings. The standard InChI is InChI=1S/C15H13ClN2S/c1-10(11-3-2-4-12(16)9-11)18-15-13-6-8-19-14(13)5-7-17-15/h2-10H,1H3,(H,17,18). The van der Waals surface area contributed by atoms with Crippen LogP contribution in [0.3, 0.4) is 0 Å². The maximum Gasteiger partial charge on any atom is 0.135 e. The van der Waals surface area contributed by atoms with E-state index in [9.17, 15) is 0 Å². The lowest BCUT2D eigenvalue weighted by Crippen LogP contribution is -2.07. The summed E-state index contributed by atoms with van der Waals surface area (Å²) in [4.78, 5) is 4.43. The summed E-state index contributed by atoms with van der Waals surface area (Å²) in [6, 6.07) is 12.2. The molecule has 3 aromatic rings. The lowest BCUT2D eigenvalue weighted by atomic mass is 10.1. The molecule has 0 aliphatic heterocycles. The molecule has 2 nitrogen and oxygen atoms in total. The van der Waals surface area contributed by atoms with E-state index in [0.29, 0.717) is 0 Å². The van der Waals surface area contributed by atoms with Gasteiger partial charge in [0.15, 0.2) is 0 Å². The molecule has 19 heavy (non-hydrogen) atoms. The molecule has 2 heterocycles. The predicted octanol–water partition coefficient (Wildman–Crippen LogP) is 5.12. The van der Waals surface area contributed by atoms with E-state index in [1.807, 2.05) is 30.5 Å². The van der Waals surface area contributed by atoms with E-state index in [1.54, 1.807) is 11.3 Å². The number of pyridine rings is 1. The minimum atomic E-state index is 0.164. The van der Waals surface area contributed by atoms with E-state index in [2.05, 4.69) is 34.7 Å². The molecule has 0 saturated carbocycles. The van der Waals surface area contributed by atoms with Crippen molar-refractivity contribution >= 4 is 38.8 Å². The van der Waals surface area contributed by atoms with Crippen LogP contribution >= 0.6 is 22.9 Å². The highest BCUT2D eigenvalue weighted by atomic mass is 35.5. The van der Waals surface area contributed by atoms with E-state index < -0.39 is 0 Å². The fourth-order valence-electron chi connectivity index (χ4n) is 2.07. The van der Waals surface area contributed by atoms with Crippen molar-refractivity contribution in [2.75, 3.05) is 5.32 Å². The number of nitrogens with zero attached hydrogens (tertiary/aromatic N) is 1. The molecular weight excluding hydrogens is 276 g/mol. The number of hydrogen-bond donors (Lipinski definition) is 1. The molecule has 0 amide bonds. The van der Waals surface area contributed by atoms with Crippen LogP contribution in [-0.4, -0.2) is 4.98 Å². The average molecular weight is 289 g/mol. The van der Waals surface area contributed by atoms with Crippen LogP contribution in [0.2, 0.25) is 5.02 Å². The summed E-state index contributed by atoms with van der Waals surface area (Å²) < 4.78 is 1.25. The first-order chi connectivity index (χ1) is 9.24. The van der Waals surface area contributed by atoms with Crippen molar-refractivity contribution in [3.8, 4) is 0 Å². The maximum atomic E-state index is 6.03. The molecule has 0 fully saturated rings. The van der Waals surface area contributed by atoms with Crippen LogP contribution in [0.15, 0.2) is 48.0 Å². The largest absolute Gasteiger partial charge is 0.363 e. The zero-order chi connectivity index (χ0) is 13.2. The fraction of sp³-hybridized carbons (Fsp3) is 0.133. The van der Waals surface area contributed by atoms with Crippen LogP contribution in [0.1, 0.15) is 18.5 Å². The summed E-state index contributed by atoms with van der Waals surface area (Å²) >= 11 is 7.75. The molecule has 4 heteroatoms. The molecule has 96 valence electrons. The van der Waals surface area contributed by atoms with Crippen molar-refractivity contribution in [1.82, 2.24) is 4.98 Å². The van der Waals surface area contributed by atoms with Gasteiger partial charge in [0.05, 0.1) is 6.04 Å². The van der Waals surface area contributed by atoms with Gasteiger partial charge < -0.3 is 5.32 Å². The van der Waals surface area contributed by atoms with Gasteiger partial charge in [-0.1, -0.05) is 23.7 Å². The number of hydrogen-bond acceptors (Lipinski definition) is 3. The Balaban J connectivity index is 1.90. The molecule has 2 aromatic heterocycles. The van der Waals surface area contributed by atoms with Crippen LogP contribution in [0.4, 0.5) is 5.82 Å². The van der Waals surface area contributed by atoms with Crippen LogP contribution in [-0.2, 0) is 0 Å².